The number of carbonyl (C=O) groups is 1. The molecular weight excluding hydrogens is 260 g/mol. The summed E-state index contributed by atoms with van der Waals surface area (Å²) in [6.45, 7) is 3.02. The number of halogens is 2. The Morgan fingerprint density at radius 2 is 1.95 bits per heavy atom. The lowest BCUT2D eigenvalue weighted by atomic mass is 10.0. The van der Waals surface area contributed by atoms with Crippen LogP contribution in [-0.4, -0.2) is 23.4 Å². The van der Waals surface area contributed by atoms with Gasteiger partial charge in [0.15, 0.2) is 11.5 Å². The molecule has 0 aliphatic carbocycles. The minimum Gasteiger partial charge on any atom is -0.316 e. The lowest BCUT2D eigenvalue weighted by Crippen LogP contribution is -2.48. The van der Waals surface area contributed by atoms with Gasteiger partial charge in [-0.3, -0.25) is 14.9 Å². The summed E-state index contributed by atoms with van der Waals surface area (Å²) in [5.74, 6) is -2.97. The molecule has 0 aliphatic heterocycles. The van der Waals surface area contributed by atoms with Gasteiger partial charge in [0, 0.05) is 6.07 Å². The third-order valence-corrected chi connectivity index (χ3v) is 2.66. The van der Waals surface area contributed by atoms with E-state index in [1.54, 1.807) is 0 Å². The quantitative estimate of drug-likeness (QED) is 0.647. The maximum Gasteiger partial charge on any atom is 0.298 e. The van der Waals surface area contributed by atoms with E-state index >= 15 is 0 Å². The Balaban J connectivity index is 3.21. The van der Waals surface area contributed by atoms with E-state index in [0.29, 0.717) is 12.1 Å². The molecule has 0 heterocycles. The smallest absolute Gasteiger partial charge is 0.298 e. The SMILES string of the molecule is CNC(C)(C)C(=O)Nc1c(F)cc(F)cc1[N+](=O)[O-]. The van der Waals surface area contributed by atoms with E-state index in [-0.39, 0.29) is 0 Å². The molecule has 0 fully saturated rings. The third kappa shape index (κ3) is 3.22. The normalized spacial score (nSPS) is 11.2. The van der Waals surface area contributed by atoms with Crippen molar-refractivity contribution < 1.29 is 18.5 Å². The minimum absolute atomic E-state index is 0.467. The van der Waals surface area contributed by atoms with Gasteiger partial charge in [-0.05, 0) is 20.9 Å². The van der Waals surface area contributed by atoms with Gasteiger partial charge in [-0.2, -0.15) is 0 Å². The molecule has 0 bridgehead atoms. The van der Waals surface area contributed by atoms with E-state index in [4.69, 9.17) is 0 Å². The molecule has 0 saturated carbocycles. The van der Waals surface area contributed by atoms with Crippen molar-refractivity contribution in [2.24, 2.45) is 0 Å². The van der Waals surface area contributed by atoms with Crippen molar-refractivity contribution in [1.29, 1.82) is 0 Å². The van der Waals surface area contributed by atoms with Crippen LogP contribution in [0.4, 0.5) is 20.2 Å². The predicted molar refractivity (Wildman–Crippen MR) is 64.8 cm³/mol. The van der Waals surface area contributed by atoms with Crippen molar-refractivity contribution >= 4 is 17.3 Å². The molecule has 2 N–H and O–H groups in total. The second-order valence-corrected chi connectivity index (χ2v) is 4.37. The number of hydrogen-bond acceptors (Lipinski definition) is 4. The van der Waals surface area contributed by atoms with E-state index < -0.39 is 39.4 Å². The fourth-order valence-electron chi connectivity index (χ4n) is 1.21. The topological polar surface area (TPSA) is 84.3 Å². The first-order valence-electron chi connectivity index (χ1n) is 5.33. The molecular formula is C11H13F2N3O3. The van der Waals surface area contributed by atoms with Crippen LogP contribution in [0.25, 0.3) is 0 Å². The van der Waals surface area contributed by atoms with Gasteiger partial charge in [0.05, 0.1) is 16.5 Å². The van der Waals surface area contributed by atoms with Crippen LogP contribution in [0.1, 0.15) is 13.8 Å². The van der Waals surface area contributed by atoms with Gasteiger partial charge in [-0.1, -0.05) is 0 Å². The summed E-state index contributed by atoms with van der Waals surface area (Å²) in [4.78, 5) is 21.6. The average molecular weight is 273 g/mol. The maximum absolute atomic E-state index is 13.5. The molecule has 1 aromatic rings. The standard InChI is InChI=1S/C11H13F2N3O3/c1-11(2,14-3)10(17)15-9-7(13)4-6(12)5-8(9)16(18)19/h4-5,14H,1-3H3,(H,15,17). The molecule has 0 saturated heterocycles. The first kappa shape index (κ1) is 15.0. The van der Waals surface area contributed by atoms with Gasteiger partial charge in [0.2, 0.25) is 5.91 Å². The van der Waals surface area contributed by atoms with Gasteiger partial charge in [-0.25, -0.2) is 8.78 Å². The third-order valence-electron chi connectivity index (χ3n) is 2.66. The minimum atomic E-state index is -1.20. The summed E-state index contributed by atoms with van der Waals surface area (Å²) < 4.78 is 26.5. The molecule has 19 heavy (non-hydrogen) atoms. The molecule has 0 aliphatic rings. The number of rotatable bonds is 4. The van der Waals surface area contributed by atoms with Crippen LogP contribution in [0, 0.1) is 21.7 Å². The maximum atomic E-state index is 13.5. The number of nitro benzene ring substituents is 1. The Morgan fingerprint density at radius 1 is 1.37 bits per heavy atom. The molecule has 0 unspecified atom stereocenters. The predicted octanol–water partition coefficient (Wildman–Crippen LogP) is 1.81. The molecule has 8 heteroatoms. The number of nitrogens with one attached hydrogen (secondary N) is 2. The van der Waals surface area contributed by atoms with E-state index in [9.17, 15) is 23.7 Å². The van der Waals surface area contributed by atoms with Gasteiger partial charge in [0.25, 0.3) is 5.69 Å². The average Bonchev–Trinajstić information content (AvgIpc) is 2.31. The summed E-state index contributed by atoms with van der Waals surface area (Å²) >= 11 is 0. The van der Waals surface area contributed by atoms with Crippen molar-refractivity contribution in [2.45, 2.75) is 19.4 Å². The van der Waals surface area contributed by atoms with Crippen molar-refractivity contribution in [3.8, 4) is 0 Å². The number of amides is 1. The van der Waals surface area contributed by atoms with Gasteiger partial charge < -0.3 is 10.6 Å². The molecule has 104 valence electrons. The summed E-state index contributed by atoms with van der Waals surface area (Å²) in [5, 5.41) is 15.5. The highest BCUT2D eigenvalue weighted by atomic mass is 19.1. The number of nitrogens with zero attached hydrogens (tertiary/aromatic N) is 1. The Hall–Kier alpha value is -2.09. The fourth-order valence-corrected chi connectivity index (χ4v) is 1.21. The Morgan fingerprint density at radius 3 is 2.42 bits per heavy atom. The van der Waals surface area contributed by atoms with Crippen LogP contribution < -0.4 is 10.6 Å². The van der Waals surface area contributed by atoms with E-state index in [1.807, 2.05) is 0 Å². The van der Waals surface area contributed by atoms with Crippen molar-refractivity contribution in [3.63, 3.8) is 0 Å². The Bertz CT molecular complexity index is 532. The van der Waals surface area contributed by atoms with E-state index in [1.165, 1.54) is 20.9 Å². The van der Waals surface area contributed by atoms with Gasteiger partial charge in [0.1, 0.15) is 5.82 Å². The fraction of sp³-hybridized carbons (Fsp3) is 0.364. The largest absolute Gasteiger partial charge is 0.316 e. The Kier molecular flexibility index (Phi) is 4.15. The van der Waals surface area contributed by atoms with E-state index in [2.05, 4.69) is 10.6 Å². The monoisotopic (exact) mass is 273 g/mol. The highest BCUT2D eigenvalue weighted by Gasteiger charge is 2.29. The summed E-state index contributed by atoms with van der Waals surface area (Å²) in [6, 6.07) is 1.01. The number of hydrogen-bond donors (Lipinski definition) is 2. The first-order chi connectivity index (χ1) is 8.69. The van der Waals surface area contributed by atoms with Crippen molar-refractivity contribution in [2.75, 3.05) is 12.4 Å². The van der Waals surface area contributed by atoms with Gasteiger partial charge in [-0.15, -0.1) is 0 Å². The molecule has 6 nitrogen and oxygen atoms in total. The van der Waals surface area contributed by atoms with Crippen LogP contribution in [-0.2, 0) is 4.79 Å². The number of anilines is 1. The summed E-state index contributed by atoms with van der Waals surface area (Å²) in [6.07, 6.45) is 0. The number of likely N-dealkylation sites (N-methyl/N-ethyl adjacent to an activating group) is 1. The number of carbonyl (C=O) groups excluding carboxylic acids is 1. The molecule has 0 aromatic heterocycles. The second kappa shape index (κ2) is 5.27. The zero-order valence-corrected chi connectivity index (χ0v) is 10.6. The molecule has 1 amide bonds. The van der Waals surface area contributed by atoms with E-state index in [0.717, 1.165) is 0 Å². The lowest BCUT2D eigenvalue weighted by molar-refractivity contribution is -0.384. The highest BCUT2D eigenvalue weighted by molar-refractivity contribution is 5.99. The van der Waals surface area contributed by atoms with Crippen molar-refractivity contribution in [3.05, 3.63) is 33.9 Å². The molecule has 0 spiro atoms. The van der Waals surface area contributed by atoms with Crippen LogP contribution >= 0.6 is 0 Å². The summed E-state index contributed by atoms with van der Waals surface area (Å²) in [7, 11) is 1.51. The lowest BCUT2D eigenvalue weighted by Gasteiger charge is -2.22. The highest BCUT2D eigenvalue weighted by Crippen LogP contribution is 2.29. The zero-order valence-electron chi connectivity index (χ0n) is 10.6. The van der Waals surface area contributed by atoms with Crippen molar-refractivity contribution in [1.82, 2.24) is 5.32 Å². The second-order valence-electron chi connectivity index (χ2n) is 4.37. The first-order valence-corrected chi connectivity index (χ1v) is 5.33. The number of nitro groups is 1. The molecule has 1 rings (SSSR count). The zero-order chi connectivity index (χ0) is 14.8. The van der Waals surface area contributed by atoms with Gasteiger partial charge >= 0.3 is 0 Å². The van der Waals surface area contributed by atoms with Crippen LogP contribution in [0.15, 0.2) is 12.1 Å². The van der Waals surface area contributed by atoms with Crippen LogP contribution in [0.3, 0.4) is 0 Å². The van der Waals surface area contributed by atoms with Crippen LogP contribution in [0.2, 0.25) is 0 Å². The number of benzene rings is 1. The summed E-state index contributed by atoms with van der Waals surface area (Å²) in [5.41, 5.74) is -2.55. The Labute approximate surface area is 108 Å². The molecule has 0 atom stereocenters. The molecule has 0 radical (unpaired) electrons. The molecule has 1 aromatic carbocycles. The van der Waals surface area contributed by atoms with Crippen LogP contribution in [0.5, 0.6) is 0 Å².